The molecule has 2 atom stereocenters. The molecule has 19 heavy (non-hydrogen) atoms. The summed E-state index contributed by atoms with van der Waals surface area (Å²) < 4.78 is 0. The van der Waals surface area contributed by atoms with Gasteiger partial charge in [-0.2, -0.15) is 0 Å². The zero-order valence-electron chi connectivity index (χ0n) is 13.6. The molecule has 1 fully saturated rings. The second kappa shape index (κ2) is 4.63. The Morgan fingerprint density at radius 2 is 1.74 bits per heavy atom. The molecule has 1 aromatic carbocycles. The summed E-state index contributed by atoms with van der Waals surface area (Å²) in [6.07, 6.45) is 0. The van der Waals surface area contributed by atoms with Crippen LogP contribution in [0.2, 0.25) is 0 Å². The van der Waals surface area contributed by atoms with E-state index in [0.717, 1.165) is 0 Å². The van der Waals surface area contributed by atoms with Gasteiger partial charge in [-0.1, -0.05) is 45.0 Å². The zero-order valence-corrected chi connectivity index (χ0v) is 13.6. The van der Waals surface area contributed by atoms with Crippen molar-refractivity contribution in [1.82, 2.24) is 4.90 Å². The summed E-state index contributed by atoms with van der Waals surface area (Å²) in [4.78, 5) is 2.54. The molecule has 0 radical (unpaired) electrons. The predicted octanol–water partition coefficient (Wildman–Crippen LogP) is 4.46. The van der Waals surface area contributed by atoms with Crippen LogP contribution in [0.25, 0.3) is 0 Å². The van der Waals surface area contributed by atoms with E-state index in [1.54, 1.807) is 0 Å². The van der Waals surface area contributed by atoms with Crippen molar-refractivity contribution in [2.45, 2.75) is 53.0 Å². The number of hydrogen-bond acceptors (Lipinski definition) is 1. The van der Waals surface area contributed by atoms with E-state index in [9.17, 15) is 0 Å². The van der Waals surface area contributed by atoms with Crippen molar-refractivity contribution in [2.75, 3.05) is 13.6 Å². The lowest BCUT2D eigenvalue weighted by Gasteiger charge is -2.38. The van der Waals surface area contributed by atoms with Gasteiger partial charge in [0.15, 0.2) is 0 Å². The summed E-state index contributed by atoms with van der Waals surface area (Å²) in [7, 11) is 2.27. The Bertz CT molecular complexity index is 453. The molecule has 1 nitrogen and oxygen atoms in total. The molecule has 1 saturated heterocycles. The largest absolute Gasteiger partial charge is 0.300 e. The highest BCUT2D eigenvalue weighted by Crippen LogP contribution is 2.51. The fourth-order valence-corrected chi connectivity index (χ4v) is 3.67. The Balaban J connectivity index is 2.52. The number of rotatable bonds is 1. The minimum absolute atomic E-state index is 0.226. The molecule has 1 heteroatoms. The molecule has 2 rings (SSSR count). The van der Waals surface area contributed by atoms with Gasteiger partial charge in [-0.25, -0.2) is 0 Å². The first-order valence-corrected chi connectivity index (χ1v) is 7.42. The third-order valence-corrected chi connectivity index (χ3v) is 5.25. The van der Waals surface area contributed by atoms with Crippen LogP contribution < -0.4 is 0 Å². The Morgan fingerprint density at radius 1 is 1.16 bits per heavy atom. The molecule has 1 heterocycles. The molecular weight excluding hydrogens is 230 g/mol. The van der Waals surface area contributed by atoms with E-state index in [0.29, 0.717) is 17.3 Å². The van der Waals surface area contributed by atoms with Gasteiger partial charge in [0.05, 0.1) is 0 Å². The first kappa shape index (κ1) is 14.6. The third-order valence-electron chi connectivity index (χ3n) is 5.25. The van der Waals surface area contributed by atoms with Crippen LogP contribution in [0.5, 0.6) is 0 Å². The first-order chi connectivity index (χ1) is 8.65. The van der Waals surface area contributed by atoms with Crippen LogP contribution in [-0.4, -0.2) is 24.0 Å². The summed E-state index contributed by atoms with van der Waals surface area (Å²) in [5.74, 6) is 1.31. The van der Waals surface area contributed by atoms with Crippen LogP contribution >= 0.6 is 0 Å². The fourth-order valence-electron chi connectivity index (χ4n) is 3.67. The highest BCUT2D eigenvalue weighted by Gasteiger charge is 2.50. The normalized spacial score (nSPS) is 27.7. The second-order valence-corrected chi connectivity index (χ2v) is 7.84. The molecule has 0 spiro atoms. The molecule has 0 aromatic heterocycles. The fraction of sp³-hybridized carbons (Fsp3) is 0.667. The molecule has 1 aliphatic heterocycles. The van der Waals surface area contributed by atoms with E-state index < -0.39 is 0 Å². The van der Waals surface area contributed by atoms with Crippen LogP contribution in [-0.2, 0) is 0 Å². The minimum Gasteiger partial charge on any atom is -0.300 e. The summed E-state index contributed by atoms with van der Waals surface area (Å²) in [5.41, 5.74) is 3.54. The van der Waals surface area contributed by atoms with E-state index in [1.165, 1.54) is 17.7 Å². The number of benzene rings is 1. The average Bonchev–Trinajstić information content (AvgIpc) is 2.51. The van der Waals surface area contributed by atoms with Crippen molar-refractivity contribution < 1.29 is 0 Å². The van der Waals surface area contributed by atoms with Crippen LogP contribution in [0.1, 0.15) is 51.7 Å². The number of likely N-dealkylation sites (tertiary alicyclic amines) is 1. The van der Waals surface area contributed by atoms with Crippen LogP contribution in [0.3, 0.4) is 0 Å². The lowest BCUT2D eigenvalue weighted by molar-refractivity contribution is 0.198. The number of hydrogen-bond donors (Lipinski definition) is 0. The molecule has 0 bridgehead atoms. The van der Waals surface area contributed by atoms with Crippen molar-refractivity contribution >= 4 is 0 Å². The van der Waals surface area contributed by atoms with E-state index >= 15 is 0 Å². The Hall–Kier alpha value is -0.820. The lowest BCUT2D eigenvalue weighted by atomic mass is 9.67. The summed E-state index contributed by atoms with van der Waals surface area (Å²) >= 11 is 0. The SMILES string of the molecule is Cc1ccccc1C1C(C(C)(C)C)CN(C)C1(C)C. The third kappa shape index (κ3) is 2.45. The monoisotopic (exact) mass is 259 g/mol. The summed E-state index contributed by atoms with van der Waals surface area (Å²) in [6.45, 7) is 15.4. The zero-order chi connectivity index (χ0) is 14.4. The standard InChI is InChI=1S/C18H29N/c1-13-10-8-9-11-14(13)16-15(17(2,3)4)12-19(7)18(16,5)6/h8-11,15-16H,12H2,1-7H3. The molecule has 0 amide bonds. The first-order valence-electron chi connectivity index (χ1n) is 7.42. The Morgan fingerprint density at radius 3 is 2.26 bits per heavy atom. The second-order valence-electron chi connectivity index (χ2n) is 7.84. The number of aryl methyl sites for hydroxylation is 1. The molecule has 2 unspecified atom stereocenters. The highest BCUT2D eigenvalue weighted by molar-refractivity contribution is 5.34. The van der Waals surface area contributed by atoms with Gasteiger partial charge < -0.3 is 4.90 Å². The highest BCUT2D eigenvalue weighted by atomic mass is 15.2. The molecule has 1 aromatic rings. The van der Waals surface area contributed by atoms with Crippen molar-refractivity contribution in [3.8, 4) is 0 Å². The van der Waals surface area contributed by atoms with Crippen LogP contribution in [0, 0.1) is 18.3 Å². The van der Waals surface area contributed by atoms with E-state index in [4.69, 9.17) is 0 Å². The van der Waals surface area contributed by atoms with Gasteiger partial charge in [0, 0.05) is 18.0 Å². The van der Waals surface area contributed by atoms with E-state index in [2.05, 4.69) is 77.8 Å². The lowest BCUT2D eigenvalue weighted by Crippen LogP contribution is -2.39. The topological polar surface area (TPSA) is 3.24 Å². The average molecular weight is 259 g/mol. The predicted molar refractivity (Wildman–Crippen MR) is 83.6 cm³/mol. The molecule has 1 aliphatic rings. The van der Waals surface area contributed by atoms with E-state index in [-0.39, 0.29) is 5.54 Å². The van der Waals surface area contributed by atoms with Crippen molar-refractivity contribution in [3.63, 3.8) is 0 Å². The van der Waals surface area contributed by atoms with Gasteiger partial charge in [0.25, 0.3) is 0 Å². The molecule has 0 aliphatic carbocycles. The van der Waals surface area contributed by atoms with Gasteiger partial charge in [0.2, 0.25) is 0 Å². The maximum atomic E-state index is 2.54. The Labute approximate surface area is 119 Å². The maximum Gasteiger partial charge on any atom is 0.0222 e. The molecular formula is C18H29N. The van der Waals surface area contributed by atoms with Crippen molar-refractivity contribution in [1.29, 1.82) is 0 Å². The maximum absolute atomic E-state index is 2.54. The number of nitrogens with zero attached hydrogens (tertiary/aromatic N) is 1. The minimum atomic E-state index is 0.226. The van der Waals surface area contributed by atoms with Gasteiger partial charge >= 0.3 is 0 Å². The van der Waals surface area contributed by atoms with Crippen LogP contribution in [0.4, 0.5) is 0 Å². The van der Waals surface area contributed by atoms with Gasteiger partial charge in [-0.15, -0.1) is 0 Å². The van der Waals surface area contributed by atoms with Gasteiger partial charge in [0.1, 0.15) is 0 Å². The molecule has 0 N–H and O–H groups in total. The van der Waals surface area contributed by atoms with Gasteiger partial charge in [-0.3, -0.25) is 0 Å². The Kier molecular flexibility index (Phi) is 3.55. The smallest absolute Gasteiger partial charge is 0.0222 e. The van der Waals surface area contributed by atoms with Crippen molar-refractivity contribution in [3.05, 3.63) is 35.4 Å². The van der Waals surface area contributed by atoms with E-state index in [1.807, 2.05) is 0 Å². The molecule has 106 valence electrons. The molecule has 0 saturated carbocycles. The van der Waals surface area contributed by atoms with Crippen LogP contribution in [0.15, 0.2) is 24.3 Å². The van der Waals surface area contributed by atoms with Gasteiger partial charge in [-0.05, 0) is 50.3 Å². The quantitative estimate of drug-likeness (QED) is 0.719. The number of likely N-dealkylation sites (N-methyl/N-ethyl adjacent to an activating group) is 1. The summed E-state index contributed by atoms with van der Waals surface area (Å²) in [6, 6.07) is 8.93. The van der Waals surface area contributed by atoms with Crippen molar-refractivity contribution in [2.24, 2.45) is 11.3 Å². The summed E-state index contributed by atoms with van der Waals surface area (Å²) in [5, 5.41) is 0.